The van der Waals surface area contributed by atoms with Gasteiger partial charge in [-0.05, 0) is 19.4 Å². The van der Waals surface area contributed by atoms with E-state index >= 15 is 0 Å². The molecule has 0 aromatic heterocycles. The van der Waals surface area contributed by atoms with Crippen molar-refractivity contribution < 1.29 is 9.53 Å². The van der Waals surface area contributed by atoms with Gasteiger partial charge in [0.05, 0.1) is 6.10 Å². The van der Waals surface area contributed by atoms with E-state index in [9.17, 15) is 4.79 Å². The Kier molecular flexibility index (Phi) is 4.79. The third-order valence-electron chi connectivity index (χ3n) is 1.82. The highest BCUT2D eigenvalue weighted by Crippen LogP contribution is 2.09. The van der Waals surface area contributed by atoms with Gasteiger partial charge in [0.2, 0.25) is 0 Å². The summed E-state index contributed by atoms with van der Waals surface area (Å²) >= 11 is 0. The number of methoxy groups -OCH3 is 1. The topological polar surface area (TPSA) is 26.3 Å². The van der Waals surface area contributed by atoms with Gasteiger partial charge in [-0.3, -0.25) is 4.79 Å². The van der Waals surface area contributed by atoms with Crippen LogP contribution in [0.4, 0.5) is 0 Å². The summed E-state index contributed by atoms with van der Waals surface area (Å²) < 4.78 is 5.10. The van der Waals surface area contributed by atoms with Gasteiger partial charge in [0.25, 0.3) is 0 Å². The van der Waals surface area contributed by atoms with Crippen molar-refractivity contribution in [1.82, 2.24) is 0 Å². The van der Waals surface area contributed by atoms with E-state index in [0.717, 1.165) is 11.9 Å². The summed E-state index contributed by atoms with van der Waals surface area (Å²) in [6.07, 6.45) is 2.95. The zero-order chi connectivity index (χ0) is 8.85. The lowest BCUT2D eigenvalue weighted by Crippen LogP contribution is -2.14. The molecule has 0 N–H and O–H groups in total. The molecule has 0 saturated carbocycles. The highest BCUT2D eigenvalue weighted by Gasteiger charge is 2.07. The third-order valence-corrected chi connectivity index (χ3v) is 1.82. The summed E-state index contributed by atoms with van der Waals surface area (Å²) in [4.78, 5) is 10.2. The molecule has 0 aromatic carbocycles. The highest BCUT2D eigenvalue weighted by atomic mass is 16.5. The van der Waals surface area contributed by atoms with Crippen LogP contribution in [0.15, 0.2) is 11.6 Å². The van der Waals surface area contributed by atoms with Crippen molar-refractivity contribution in [2.45, 2.75) is 26.9 Å². The second-order valence-electron chi connectivity index (χ2n) is 2.83. The molecule has 0 bridgehead atoms. The van der Waals surface area contributed by atoms with Gasteiger partial charge in [-0.25, -0.2) is 0 Å². The van der Waals surface area contributed by atoms with Crippen molar-refractivity contribution in [3.63, 3.8) is 0 Å². The Bertz CT molecular complexity index is 150. The molecular weight excluding hydrogens is 140 g/mol. The minimum absolute atomic E-state index is 0.171. The van der Waals surface area contributed by atoms with Crippen LogP contribution >= 0.6 is 0 Å². The zero-order valence-electron chi connectivity index (χ0n) is 7.63. The fourth-order valence-electron chi connectivity index (χ4n) is 0.804. The van der Waals surface area contributed by atoms with E-state index in [0.29, 0.717) is 5.92 Å². The van der Waals surface area contributed by atoms with Gasteiger partial charge in [-0.1, -0.05) is 13.0 Å². The number of ether oxygens (including phenoxy) is 1. The number of aldehydes is 1. The number of rotatable bonds is 4. The zero-order valence-corrected chi connectivity index (χ0v) is 7.63. The molecule has 2 unspecified atom stereocenters. The van der Waals surface area contributed by atoms with Crippen molar-refractivity contribution in [3.05, 3.63) is 11.6 Å². The predicted octanol–water partition coefficient (Wildman–Crippen LogP) is 1.80. The minimum atomic E-state index is 0.171. The second-order valence-corrected chi connectivity index (χ2v) is 2.83. The van der Waals surface area contributed by atoms with Crippen molar-refractivity contribution in [2.24, 2.45) is 5.92 Å². The SMILES string of the molecule is COC(C)C(C)C=C(C)C=O. The average Bonchev–Trinajstić information content (AvgIpc) is 2.02. The number of carbonyl (C=O) groups excluding carboxylic acids is 1. The number of allylic oxidation sites excluding steroid dienone is 1. The molecule has 0 saturated heterocycles. The molecule has 2 nitrogen and oxygen atoms in total. The Hall–Kier alpha value is -0.630. The molecule has 0 aromatic rings. The lowest BCUT2D eigenvalue weighted by molar-refractivity contribution is -0.104. The van der Waals surface area contributed by atoms with Crippen LogP contribution in [0.5, 0.6) is 0 Å². The number of carbonyl (C=O) groups is 1. The molecular formula is C9H16O2. The van der Waals surface area contributed by atoms with Crippen LogP contribution in [0.1, 0.15) is 20.8 Å². The molecule has 2 heteroatoms. The first-order chi connectivity index (χ1) is 5.11. The van der Waals surface area contributed by atoms with Crippen LogP contribution in [0.3, 0.4) is 0 Å². The van der Waals surface area contributed by atoms with Gasteiger partial charge >= 0.3 is 0 Å². The molecule has 0 amide bonds. The maximum Gasteiger partial charge on any atom is 0.145 e. The quantitative estimate of drug-likeness (QED) is 0.458. The van der Waals surface area contributed by atoms with Crippen molar-refractivity contribution in [3.8, 4) is 0 Å². The molecule has 64 valence electrons. The summed E-state index contributed by atoms with van der Waals surface area (Å²) in [6.45, 7) is 5.81. The van der Waals surface area contributed by atoms with E-state index in [1.54, 1.807) is 14.0 Å². The number of hydrogen-bond donors (Lipinski definition) is 0. The Morgan fingerprint density at radius 1 is 1.45 bits per heavy atom. The van der Waals surface area contributed by atoms with Crippen molar-refractivity contribution >= 4 is 6.29 Å². The van der Waals surface area contributed by atoms with Gasteiger partial charge in [0.1, 0.15) is 6.29 Å². The average molecular weight is 156 g/mol. The van der Waals surface area contributed by atoms with Gasteiger partial charge in [0.15, 0.2) is 0 Å². The molecule has 0 radical (unpaired) electrons. The van der Waals surface area contributed by atoms with E-state index in [1.165, 1.54) is 0 Å². The first kappa shape index (κ1) is 10.4. The monoisotopic (exact) mass is 156 g/mol. The van der Waals surface area contributed by atoms with E-state index in [-0.39, 0.29) is 6.10 Å². The van der Waals surface area contributed by atoms with Crippen molar-refractivity contribution in [2.75, 3.05) is 7.11 Å². The van der Waals surface area contributed by atoms with E-state index in [4.69, 9.17) is 4.74 Å². The molecule has 0 aliphatic rings. The van der Waals surface area contributed by atoms with Crippen LogP contribution < -0.4 is 0 Å². The Labute approximate surface area is 68.2 Å². The smallest absolute Gasteiger partial charge is 0.145 e. The molecule has 0 aliphatic carbocycles. The maximum atomic E-state index is 10.2. The van der Waals surface area contributed by atoms with Gasteiger partial charge < -0.3 is 4.74 Å². The van der Waals surface area contributed by atoms with E-state index in [2.05, 4.69) is 0 Å². The third kappa shape index (κ3) is 3.94. The van der Waals surface area contributed by atoms with Crippen molar-refractivity contribution in [1.29, 1.82) is 0 Å². The maximum absolute atomic E-state index is 10.2. The van der Waals surface area contributed by atoms with Gasteiger partial charge in [-0.15, -0.1) is 0 Å². The van der Waals surface area contributed by atoms with Crippen LogP contribution in [0.25, 0.3) is 0 Å². The van der Waals surface area contributed by atoms with Crippen LogP contribution in [0.2, 0.25) is 0 Å². The largest absolute Gasteiger partial charge is 0.381 e. The van der Waals surface area contributed by atoms with Crippen LogP contribution in [0, 0.1) is 5.92 Å². The van der Waals surface area contributed by atoms with Crippen LogP contribution in [-0.2, 0) is 9.53 Å². The first-order valence-corrected chi connectivity index (χ1v) is 3.78. The lowest BCUT2D eigenvalue weighted by Gasteiger charge is -2.14. The molecule has 2 atom stereocenters. The Balaban J connectivity index is 4.03. The number of hydrogen-bond acceptors (Lipinski definition) is 2. The predicted molar refractivity (Wildman–Crippen MR) is 45.5 cm³/mol. The van der Waals surface area contributed by atoms with Gasteiger partial charge in [0, 0.05) is 13.0 Å². The molecule has 0 spiro atoms. The minimum Gasteiger partial charge on any atom is -0.381 e. The second kappa shape index (κ2) is 5.08. The first-order valence-electron chi connectivity index (χ1n) is 3.78. The lowest BCUT2D eigenvalue weighted by atomic mass is 10.0. The normalized spacial score (nSPS) is 17.6. The molecule has 0 heterocycles. The summed E-state index contributed by atoms with van der Waals surface area (Å²) in [5, 5.41) is 0. The summed E-state index contributed by atoms with van der Waals surface area (Å²) in [6, 6.07) is 0. The van der Waals surface area contributed by atoms with E-state index < -0.39 is 0 Å². The van der Waals surface area contributed by atoms with E-state index in [1.807, 2.05) is 19.9 Å². The van der Waals surface area contributed by atoms with Gasteiger partial charge in [-0.2, -0.15) is 0 Å². The summed E-state index contributed by atoms with van der Waals surface area (Å²) in [5.74, 6) is 0.296. The Morgan fingerprint density at radius 3 is 2.36 bits per heavy atom. The molecule has 0 aliphatic heterocycles. The fourth-order valence-corrected chi connectivity index (χ4v) is 0.804. The summed E-state index contributed by atoms with van der Waals surface area (Å²) in [7, 11) is 1.67. The van der Waals surface area contributed by atoms with Crippen LogP contribution in [-0.4, -0.2) is 19.5 Å². The fraction of sp³-hybridized carbons (Fsp3) is 0.667. The molecule has 0 fully saturated rings. The standard InChI is InChI=1S/C9H16O2/c1-7(6-10)5-8(2)9(3)11-4/h5-6,8-9H,1-4H3. The highest BCUT2D eigenvalue weighted by molar-refractivity contribution is 5.72. The Morgan fingerprint density at radius 2 is 2.00 bits per heavy atom. The molecule has 0 rings (SSSR count). The summed E-state index contributed by atoms with van der Waals surface area (Å²) in [5.41, 5.74) is 0.765. The molecule has 11 heavy (non-hydrogen) atoms.